The Bertz CT molecular complexity index is 1080. The van der Waals surface area contributed by atoms with Gasteiger partial charge in [-0.1, -0.05) is 127 Å². The molecule has 0 spiro atoms. The SMILES string of the molecule is CCCCC/C=C\C/C=C\CCCCCCCC(=O)OCC(COC(=O)CCCCCCC/C=C\C/C=C\CCCCC)COC(=O)c1cnccn1. The average Bonchev–Trinajstić information content (AvgIpc) is 3.17. The lowest BCUT2D eigenvalue weighted by molar-refractivity contribution is -0.150. The standard InChI is InChI=1S/C45H72N2O6/c1-3-5-7-9-11-13-15-17-19-21-23-25-27-29-31-33-43(48)51-38-41(40-53-45(50)42-37-46-35-36-47-42)39-52-44(49)34-32-30-28-26-24-22-20-18-16-14-12-10-8-6-4-2/h11-14,17-20,35-37,41H,3-10,15-16,21-34,38-40H2,1-2H3/b13-11-,14-12-,19-17-,20-18-. The number of hydrogen-bond donors (Lipinski definition) is 0. The predicted octanol–water partition coefficient (Wildman–Crippen LogP) is 12.0. The lowest BCUT2D eigenvalue weighted by Crippen LogP contribution is -2.26. The first-order valence-corrected chi connectivity index (χ1v) is 20.9. The smallest absolute Gasteiger partial charge is 0.358 e. The molecule has 1 rings (SSSR count). The third kappa shape index (κ3) is 31.7. The minimum absolute atomic E-state index is 0.00379. The monoisotopic (exact) mass is 737 g/mol. The van der Waals surface area contributed by atoms with E-state index in [4.69, 9.17) is 14.2 Å². The van der Waals surface area contributed by atoms with Gasteiger partial charge in [0.1, 0.15) is 19.8 Å². The molecule has 0 aliphatic carbocycles. The summed E-state index contributed by atoms with van der Waals surface area (Å²) in [6, 6.07) is 0. The van der Waals surface area contributed by atoms with Crippen LogP contribution >= 0.6 is 0 Å². The number of carbonyl (C=O) groups excluding carboxylic acids is 3. The van der Waals surface area contributed by atoms with E-state index in [1.165, 1.54) is 70.0 Å². The van der Waals surface area contributed by atoms with Gasteiger partial charge >= 0.3 is 17.9 Å². The Kier molecular flexibility index (Phi) is 33.0. The number of allylic oxidation sites excluding steroid dienone is 8. The maximum Gasteiger partial charge on any atom is 0.358 e. The van der Waals surface area contributed by atoms with Crippen LogP contribution in [0.1, 0.15) is 178 Å². The lowest BCUT2D eigenvalue weighted by Gasteiger charge is -2.17. The molecule has 0 aliphatic heterocycles. The van der Waals surface area contributed by atoms with E-state index >= 15 is 0 Å². The molecule has 0 unspecified atom stereocenters. The fourth-order valence-electron chi connectivity index (χ4n) is 5.54. The summed E-state index contributed by atoms with van der Waals surface area (Å²) in [4.78, 5) is 45.2. The molecule has 0 fully saturated rings. The van der Waals surface area contributed by atoms with Gasteiger partial charge in [0.25, 0.3) is 0 Å². The van der Waals surface area contributed by atoms with Crippen LogP contribution in [-0.4, -0.2) is 47.7 Å². The van der Waals surface area contributed by atoms with Crippen LogP contribution in [0.2, 0.25) is 0 Å². The van der Waals surface area contributed by atoms with Crippen LogP contribution in [0.15, 0.2) is 67.2 Å². The quantitative estimate of drug-likeness (QED) is 0.0293. The molecular formula is C45H72N2O6. The van der Waals surface area contributed by atoms with Crippen LogP contribution in [-0.2, 0) is 23.8 Å². The van der Waals surface area contributed by atoms with Gasteiger partial charge in [0.2, 0.25) is 0 Å². The molecule has 1 aromatic heterocycles. The first-order valence-electron chi connectivity index (χ1n) is 20.9. The fourth-order valence-corrected chi connectivity index (χ4v) is 5.54. The van der Waals surface area contributed by atoms with Crippen molar-refractivity contribution < 1.29 is 28.6 Å². The van der Waals surface area contributed by atoms with Gasteiger partial charge in [-0.3, -0.25) is 14.6 Å². The number of unbranched alkanes of at least 4 members (excludes halogenated alkanes) is 16. The van der Waals surface area contributed by atoms with Crippen molar-refractivity contribution in [3.05, 3.63) is 72.9 Å². The summed E-state index contributed by atoms with van der Waals surface area (Å²) in [6.07, 6.45) is 47.6. The normalized spacial score (nSPS) is 11.8. The molecule has 8 heteroatoms. The Morgan fingerprint density at radius 2 is 0.943 bits per heavy atom. The molecule has 1 heterocycles. The highest BCUT2D eigenvalue weighted by Gasteiger charge is 2.19. The highest BCUT2D eigenvalue weighted by molar-refractivity contribution is 5.86. The molecule has 0 saturated heterocycles. The first kappa shape index (κ1) is 47.5. The van der Waals surface area contributed by atoms with Crippen LogP contribution < -0.4 is 0 Å². The van der Waals surface area contributed by atoms with Gasteiger partial charge in [-0.2, -0.15) is 0 Å². The topological polar surface area (TPSA) is 105 Å². The van der Waals surface area contributed by atoms with E-state index in [1.54, 1.807) is 0 Å². The number of rotatable bonds is 35. The summed E-state index contributed by atoms with van der Waals surface area (Å²) in [7, 11) is 0. The highest BCUT2D eigenvalue weighted by Crippen LogP contribution is 2.12. The van der Waals surface area contributed by atoms with E-state index in [9.17, 15) is 14.4 Å². The van der Waals surface area contributed by atoms with Gasteiger partial charge in [-0.15, -0.1) is 0 Å². The summed E-state index contributed by atoms with van der Waals surface area (Å²) >= 11 is 0. The summed E-state index contributed by atoms with van der Waals surface area (Å²) in [6.45, 7) is 4.40. The zero-order valence-corrected chi connectivity index (χ0v) is 33.4. The molecule has 8 nitrogen and oxygen atoms in total. The highest BCUT2D eigenvalue weighted by atomic mass is 16.6. The van der Waals surface area contributed by atoms with Crippen molar-refractivity contribution in [3.63, 3.8) is 0 Å². The van der Waals surface area contributed by atoms with Crippen molar-refractivity contribution in [3.8, 4) is 0 Å². The van der Waals surface area contributed by atoms with Gasteiger partial charge in [0.15, 0.2) is 5.69 Å². The number of esters is 3. The number of aromatic nitrogens is 2. The number of nitrogens with zero attached hydrogens (tertiary/aromatic N) is 2. The maximum atomic E-state index is 12.5. The number of carbonyl (C=O) groups is 3. The van der Waals surface area contributed by atoms with Crippen molar-refractivity contribution in [1.82, 2.24) is 9.97 Å². The van der Waals surface area contributed by atoms with Crippen LogP contribution in [0.25, 0.3) is 0 Å². The van der Waals surface area contributed by atoms with Gasteiger partial charge in [0.05, 0.1) is 12.1 Å². The summed E-state index contributed by atoms with van der Waals surface area (Å²) < 4.78 is 16.4. The van der Waals surface area contributed by atoms with Crippen LogP contribution in [0.5, 0.6) is 0 Å². The zero-order chi connectivity index (χ0) is 38.3. The van der Waals surface area contributed by atoms with E-state index in [1.807, 2.05) is 0 Å². The molecule has 0 atom stereocenters. The Morgan fingerprint density at radius 1 is 0.528 bits per heavy atom. The molecule has 53 heavy (non-hydrogen) atoms. The predicted molar refractivity (Wildman–Crippen MR) is 216 cm³/mol. The van der Waals surface area contributed by atoms with Crippen molar-refractivity contribution in [2.75, 3.05) is 19.8 Å². The van der Waals surface area contributed by atoms with Crippen molar-refractivity contribution in [1.29, 1.82) is 0 Å². The second-order valence-corrected chi connectivity index (χ2v) is 13.9. The zero-order valence-electron chi connectivity index (χ0n) is 33.4. The van der Waals surface area contributed by atoms with E-state index in [-0.39, 0.29) is 37.5 Å². The number of ether oxygens (including phenoxy) is 3. The van der Waals surface area contributed by atoms with Crippen molar-refractivity contribution in [2.24, 2.45) is 5.92 Å². The molecule has 0 aromatic carbocycles. The van der Waals surface area contributed by atoms with Gasteiger partial charge in [0, 0.05) is 25.2 Å². The molecule has 0 amide bonds. The van der Waals surface area contributed by atoms with Crippen molar-refractivity contribution in [2.45, 2.75) is 168 Å². The summed E-state index contributed by atoms with van der Waals surface area (Å²) in [5, 5.41) is 0. The summed E-state index contributed by atoms with van der Waals surface area (Å²) in [5.74, 6) is -1.69. The minimum Gasteiger partial charge on any atom is -0.465 e. The van der Waals surface area contributed by atoms with Gasteiger partial charge < -0.3 is 14.2 Å². The molecule has 0 saturated carbocycles. The largest absolute Gasteiger partial charge is 0.465 e. The Hall–Kier alpha value is -3.55. The van der Waals surface area contributed by atoms with E-state index in [0.717, 1.165) is 89.9 Å². The molecule has 0 bridgehead atoms. The second-order valence-electron chi connectivity index (χ2n) is 13.9. The third-order valence-electron chi connectivity index (χ3n) is 8.85. The Morgan fingerprint density at radius 3 is 1.38 bits per heavy atom. The van der Waals surface area contributed by atoms with Crippen LogP contribution in [0.4, 0.5) is 0 Å². The molecule has 1 aromatic rings. The third-order valence-corrected chi connectivity index (χ3v) is 8.85. The molecule has 0 N–H and O–H groups in total. The van der Waals surface area contributed by atoms with Gasteiger partial charge in [-0.25, -0.2) is 9.78 Å². The molecular weight excluding hydrogens is 665 g/mol. The van der Waals surface area contributed by atoms with E-state index in [2.05, 4.69) is 72.4 Å². The average molecular weight is 737 g/mol. The van der Waals surface area contributed by atoms with Crippen LogP contribution in [0, 0.1) is 5.92 Å². The van der Waals surface area contributed by atoms with Crippen molar-refractivity contribution >= 4 is 17.9 Å². The maximum absolute atomic E-state index is 12.5. The van der Waals surface area contributed by atoms with Gasteiger partial charge in [-0.05, 0) is 77.0 Å². The Balaban J connectivity index is 2.25. The van der Waals surface area contributed by atoms with Crippen LogP contribution in [0.3, 0.4) is 0 Å². The molecule has 0 radical (unpaired) electrons. The second kappa shape index (κ2) is 36.8. The van der Waals surface area contributed by atoms with E-state index in [0.29, 0.717) is 12.8 Å². The summed E-state index contributed by atoms with van der Waals surface area (Å²) in [5.41, 5.74) is 0.0860. The minimum atomic E-state index is -0.629. The Labute approximate surface area is 322 Å². The molecule has 0 aliphatic rings. The fraction of sp³-hybridized carbons (Fsp3) is 0.667. The number of hydrogen-bond acceptors (Lipinski definition) is 8. The first-order chi connectivity index (χ1) is 26.1. The van der Waals surface area contributed by atoms with E-state index < -0.39 is 11.9 Å². The lowest BCUT2D eigenvalue weighted by atomic mass is 10.1. The molecule has 298 valence electrons.